The molecule has 0 radical (unpaired) electrons. The van der Waals surface area contributed by atoms with Crippen molar-refractivity contribution in [3.05, 3.63) is 45.9 Å². The third-order valence-electron chi connectivity index (χ3n) is 2.01. The number of thiazole rings is 1. The number of benzene rings is 1. The maximum Gasteiger partial charge on any atom is 0.140 e. The molecule has 0 spiro atoms. The van der Waals surface area contributed by atoms with Gasteiger partial charge >= 0.3 is 0 Å². The average molecular weight is 230 g/mol. The first-order valence-electron chi connectivity index (χ1n) is 4.82. The molecule has 1 heterocycles. The second-order valence-electron chi connectivity index (χ2n) is 3.31. The van der Waals surface area contributed by atoms with Crippen LogP contribution < -0.4 is 4.74 Å². The van der Waals surface area contributed by atoms with Crippen LogP contribution in [-0.2, 0) is 6.61 Å². The minimum absolute atomic E-state index is 0.477. The molecule has 3 nitrogen and oxygen atoms in total. The fourth-order valence-corrected chi connectivity index (χ4v) is 1.92. The van der Waals surface area contributed by atoms with E-state index in [0.717, 1.165) is 16.5 Å². The number of nitriles is 1. The molecule has 0 aliphatic heterocycles. The summed E-state index contributed by atoms with van der Waals surface area (Å²) in [5.74, 6) is 0.756. The van der Waals surface area contributed by atoms with E-state index in [1.165, 1.54) is 0 Å². The fraction of sp³-hybridized carbons (Fsp3) is 0.167. The van der Waals surface area contributed by atoms with E-state index in [1.807, 2.05) is 12.3 Å². The fourth-order valence-electron chi connectivity index (χ4n) is 1.24. The maximum atomic E-state index is 8.64. The minimum atomic E-state index is 0.477. The van der Waals surface area contributed by atoms with Gasteiger partial charge in [0.2, 0.25) is 0 Å². The molecule has 0 unspecified atom stereocenters. The van der Waals surface area contributed by atoms with E-state index in [2.05, 4.69) is 11.1 Å². The van der Waals surface area contributed by atoms with Gasteiger partial charge in [-0.05, 0) is 31.2 Å². The van der Waals surface area contributed by atoms with Crippen LogP contribution in [-0.4, -0.2) is 4.98 Å². The number of aryl methyl sites for hydroxylation is 1. The highest BCUT2D eigenvalue weighted by Gasteiger charge is 2.00. The predicted molar refractivity (Wildman–Crippen MR) is 62.3 cm³/mol. The van der Waals surface area contributed by atoms with Crippen molar-refractivity contribution >= 4 is 11.3 Å². The van der Waals surface area contributed by atoms with Gasteiger partial charge in [0.1, 0.15) is 17.4 Å². The van der Waals surface area contributed by atoms with Crippen molar-refractivity contribution in [3.8, 4) is 11.8 Å². The highest BCUT2D eigenvalue weighted by atomic mass is 32.1. The molecule has 0 saturated carbocycles. The summed E-state index contributed by atoms with van der Waals surface area (Å²) in [4.78, 5) is 4.30. The second kappa shape index (κ2) is 4.77. The van der Waals surface area contributed by atoms with Crippen LogP contribution in [0.4, 0.5) is 0 Å². The Hall–Kier alpha value is -1.86. The zero-order chi connectivity index (χ0) is 11.4. The van der Waals surface area contributed by atoms with E-state index >= 15 is 0 Å². The largest absolute Gasteiger partial charge is 0.486 e. The first-order chi connectivity index (χ1) is 7.78. The summed E-state index contributed by atoms with van der Waals surface area (Å²) < 4.78 is 5.54. The normalized spacial score (nSPS) is 9.75. The lowest BCUT2D eigenvalue weighted by molar-refractivity contribution is 0.305. The number of ether oxygens (including phenoxy) is 1. The molecule has 0 N–H and O–H groups in total. The lowest BCUT2D eigenvalue weighted by Gasteiger charge is -2.03. The smallest absolute Gasteiger partial charge is 0.140 e. The molecule has 16 heavy (non-hydrogen) atoms. The topological polar surface area (TPSA) is 45.9 Å². The Morgan fingerprint density at radius 3 is 2.69 bits per heavy atom. The highest BCUT2D eigenvalue weighted by molar-refractivity contribution is 7.09. The minimum Gasteiger partial charge on any atom is -0.486 e. The summed E-state index contributed by atoms with van der Waals surface area (Å²) in [6.07, 6.45) is 0. The van der Waals surface area contributed by atoms with Crippen LogP contribution in [0.1, 0.15) is 16.3 Å². The maximum absolute atomic E-state index is 8.64. The van der Waals surface area contributed by atoms with Crippen molar-refractivity contribution in [2.75, 3.05) is 0 Å². The Kier molecular flexibility index (Phi) is 3.18. The summed E-state index contributed by atoms with van der Waals surface area (Å²) in [6.45, 7) is 2.44. The van der Waals surface area contributed by atoms with Crippen LogP contribution in [0.3, 0.4) is 0 Å². The molecule has 0 saturated heterocycles. The van der Waals surface area contributed by atoms with Crippen molar-refractivity contribution in [2.45, 2.75) is 13.5 Å². The van der Waals surface area contributed by atoms with Crippen LogP contribution >= 0.6 is 11.3 Å². The summed E-state index contributed by atoms with van der Waals surface area (Å²) in [7, 11) is 0. The van der Waals surface area contributed by atoms with Crippen molar-refractivity contribution < 1.29 is 4.74 Å². The summed E-state index contributed by atoms with van der Waals surface area (Å²) in [6, 6.07) is 9.12. The molecule has 1 aromatic heterocycles. The standard InChI is InChI=1S/C12H10N2OS/c1-9-8-16-12(14-9)7-15-11-4-2-10(6-13)3-5-11/h2-5,8H,7H2,1H3. The molecule has 2 rings (SSSR count). The molecule has 0 fully saturated rings. The van der Waals surface area contributed by atoms with Gasteiger partial charge in [0.25, 0.3) is 0 Å². The number of hydrogen-bond donors (Lipinski definition) is 0. The van der Waals surface area contributed by atoms with Gasteiger partial charge in [-0.25, -0.2) is 4.98 Å². The number of aromatic nitrogens is 1. The van der Waals surface area contributed by atoms with E-state index in [4.69, 9.17) is 10.00 Å². The average Bonchev–Trinajstić information content (AvgIpc) is 2.73. The van der Waals surface area contributed by atoms with E-state index in [9.17, 15) is 0 Å². The van der Waals surface area contributed by atoms with E-state index < -0.39 is 0 Å². The SMILES string of the molecule is Cc1csc(COc2ccc(C#N)cc2)n1. The molecule has 0 aliphatic rings. The van der Waals surface area contributed by atoms with Gasteiger partial charge in [-0.1, -0.05) is 0 Å². The van der Waals surface area contributed by atoms with Gasteiger partial charge in [0.15, 0.2) is 0 Å². The Labute approximate surface area is 97.9 Å². The first-order valence-corrected chi connectivity index (χ1v) is 5.70. The van der Waals surface area contributed by atoms with Crippen LogP contribution in [0, 0.1) is 18.3 Å². The lowest BCUT2D eigenvalue weighted by Crippen LogP contribution is -1.94. The zero-order valence-corrected chi connectivity index (χ0v) is 9.62. The zero-order valence-electron chi connectivity index (χ0n) is 8.80. The molecular weight excluding hydrogens is 220 g/mol. The third-order valence-corrected chi connectivity index (χ3v) is 2.95. The number of nitrogens with zero attached hydrogens (tertiary/aromatic N) is 2. The van der Waals surface area contributed by atoms with Gasteiger partial charge < -0.3 is 4.74 Å². The van der Waals surface area contributed by atoms with Gasteiger partial charge in [0, 0.05) is 11.1 Å². The van der Waals surface area contributed by atoms with Crippen molar-refractivity contribution in [2.24, 2.45) is 0 Å². The molecule has 0 aliphatic carbocycles. The van der Waals surface area contributed by atoms with Crippen LogP contribution in [0.15, 0.2) is 29.6 Å². The monoisotopic (exact) mass is 230 g/mol. The molecule has 4 heteroatoms. The summed E-state index contributed by atoms with van der Waals surface area (Å²) in [5.41, 5.74) is 1.65. The van der Waals surface area contributed by atoms with Gasteiger partial charge in [-0.2, -0.15) is 5.26 Å². The molecule has 0 amide bonds. The predicted octanol–water partition coefficient (Wildman–Crippen LogP) is 2.90. The van der Waals surface area contributed by atoms with Crippen LogP contribution in [0.5, 0.6) is 5.75 Å². The molecule has 80 valence electrons. The number of rotatable bonds is 3. The molecular formula is C12H10N2OS. The number of hydrogen-bond acceptors (Lipinski definition) is 4. The summed E-state index contributed by atoms with van der Waals surface area (Å²) >= 11 is 1.59. The Morgan fingerprint density at radius 1 is 1.38 bits per heavy atom. The van der Waals surface area contributed by atoms with Gasteiger partial charge in [-0.3, -0.25) is 0 Å². The summed E-state index contributed by atoms with van der Waals surface area (Å²) in [5, 5.41) is 11.6. The third kappa shape index (κ3) is 2.59. The first kappa shape index (κ1) is 10.7. The highest BCUT2D eigenvalue weighted by Crippen LogP contribution is 2.15. The Bertz CT molecular complexity index is 511. The van der Waals surface area contributed by atoms with Gasteiger partial charge in [0.05, 0.1) is 11.6 Å². The Balaban J connectivity index is 1.97. The lowest BCUT2D eigenvalue weighted by atomic mass is 10.2. The Morgan fingerprint density at radius 2 is 2.12 bits per heavy atom. The van der Waals surface area contributed by atoms with Crippen LogP contribution in [0.2, 0.25) is 0 Å². The molecule has 2 aromatic rings. The van der Waals surface area contributed by atoms with Gasteiger partial charge in [-0.15, -0.1) is 11.3 Å². The van der Waals surface area contributed by atoms with E-state index in [-0.39, 0.29) is 0 Å². The second-order valence-corrected chi connectivity index (χ2v) is 4.25. The van der Waals surface area contributed by atoms with Crippen molar-refractivity contribution in [1.29, 1.82) is 5.26 Å². The van der Waals surface area contributed by atoms with E-state index in [1.54, 1.807) is 35.6 Å². The molecule has 0 bridgehead atoms. The van der Waals surface area contributed by atoms with Crippen molar-refractivity contribution in [3.63, 3.8) is 0 Å². The molecule has 0 atom stereocenters. The van der Waals surface area contributed by atoms with Crippen molar-refractivity contribution in [1.82, 2.24) is 4.98 Å². The van der Waals surface area contributed by atoms with Crippen LogP contribution in [0.25, 0.3) is 0 Å². The quantitative estimate of drug-likeness (QED) is 0.814. The van der Waals surface area contributed by atoms with E-state index in [0.29, 0.717) is 12.2 Å². The molecule has 1 aromatic carbocycles.